The maximum absolute atomic E-state index is 13.1. The normalized spacial score (nSPS) is 16.2. The van der Waals surface area contributed by atoms with Gasteiger partial charge >= 0.3 is 11.7 Å². The Morgan fingerprint density at radius 2 is 1.54 bits per heavy atom. The van der Waals surface area contributed by atoms with Crippen LogP contribution in [0, 0.1) is 20.2 Å². The molecule has 11 nitrogen and oxygen atoms in total. The molecule has 0 saturated carbocycles. The van der Waals surface area contributed by atoms with Crippen LogP contribution in [-0.4, -0.2) is 28.9 Å². The van der Waals surface area contributed by atoms with Crippen LogP contribution in [-0.2, 0) is 10.3 Å². The van der Waals surface area contributed by atoms with Crippen molar-refractivity contribution in [2.24, 2.45) is 0 Å². The second kappa shape index (κ2) is 9.63. The quantitative estimate of drug-likeness (QED) is 0.139. The number of esters is 1. The zero-order chi connectivity index (χ0) is 28.9. The van der Waals surface area contributed by atoms with E-state index >= 15 is 0 Å². The Morgan fingerprint density at radius 1 is 0.829 bits per heavy atom. The molecule has 1 unspecified atom stereocenters. The second-order valence-electron chi connectivity index (χ2n) is 9.50. The average molecular weight is 554 g/mol. The number of nitrogens with zero attached hydrogens (tertiary/aromatic N) is 3. The zero-order valence-corrected chi connectivity index (χ0v) is 22.0. The minimum Gasteiger partial charge on any atom is -0.456 e. The van der Waals surface area contributed by atoms with Crippen LogP contribution in [0.15, 0.2) is 78.9 Å². The van der Waals surface area contributed by atoms with E-state index in [2.05, 4.69) is 18.7 Å². The van der Waals surface area contributed by atoms with E-state index in [0.717, 1.165) is 30.9 Å². The highest BCUT2D eigenvalue weighted by molar-refractivity contribution is 5.97. The molecule has 0 saturated heterocycles. The standard InChI is InChI=1S/C30H23N3O8/c1-3-31(4-2)18-9-12-23-27(16-18)40-28-17-20(39-26-14-10-19(32(35)36)15-25(26)33(37)38)11-13-24(28)30(23)22-8-6-5-7-21(22)29(34)41-30/h5-17H,3-4H2,1-2H3. The summed E-state index contributed by atoms with van der Waals surface area (Å²) in [6.45, 7) is 5.66. The Labute approximate surface area is 233 Å². The number of carbonyl (C=O) groups excluding carboxylic acids is 1. The first-order chi connectivity index (χ1) is 19.8. The number of benzene rings is 4. The highest BCUT2D eigenvalue weighted by Gasteiger charge is 2.53. The first-order valence-electron chi connectivity index (χ1n) is 12.9. The molecular formula is C30H23N3O8. The Bertz CT molecular complexity index is 1750. The van der Waals surface area contributed by atoms with Gasteiger partial charge < -0.3 is 19.1 Å². The van der Waals surface area contributed by atoms with Crippen molar-refractivity contribution in [2.45, 2.75) is 19.4 Å². The molecule has 0 aromatic heterocycles. The molecule has 41 heavy (non-hydrogen) atoms. The number of fused-ring (bicyclic) bond motifs is 6. The van der Waals surface area contributed by atoms with E-state index < -0.39 is 32.8 Å². The first kappa shape index (κ1) is 25.8. The molecule has 4 aromatic carbocycles. The highest BCUT2D eigenvalue weighted by Crippen LogP contribution is 2.57. The summed E-state index contributed by atoms with van der Waals surface area (Å²) in [5, 5.41) is 22.8. The summed E-state index contributed by atoms with van der Waals surface area (Å²) in [5.74, 6) is 0.379. The number of nitro benzene ring substituents is 2. The molecule has 1 atom stereocenters. The minimum atomic E-state index is -1.28. The van der Waals surface area contributed by atoms with Gasteiger partial charge in [0.05, 0.1) is 21.5 Å². The Kier molecular flexibility index (Phi) is 6.06. The van der Waals surface area contributed by atoms with Gasteiger partial charge in [-0.1, -0.05) is 18.2 Å². The van der Waals surface area contributed by atoms with E-state index in [1.54, 1.807) is 30.3 Å². The Hall–Kier alpha value is -5.45. The van der Waals surface area contributed by atoms with Crippen molar-refractivity contribution in [2.75, 3.05) is 18.0 Å². The predicted octanol–water partition coefficient (Wildman–Crippen LogP) is 6.71. The van der Waals surface area contributed by atoms with Crippen molar-refractivity contribution in [1.29, 1.82) is 0 Å². The molecule has 1 spiro atoms. The van der Waals surface area contributed by atoms with Gasteiger partial charge in [0.1, 0.15) is 17.2 Å². The van der Waals surface area contributed by atoms with Gasteiger partial charge in [0.25, 0.3) is 5.69 Å². The molecule has 11 heteroatoms. The van der Waals surface area contributed by atoms with Crippen molar-refractivity contribution >= 4 is 23.0 Å². The molecule has 4 aromatic rings. The molecule has 0 N–H and O–H groups in total. The van der Waals surface area contributed by atoms with Crippen molar-refractivity contribution in [3.8, 4) is 23.0 Å². The monoisotopic (exact) mass is 553 g/mol. The first-order valence-corrected chi connectivity index (χ1v) is 12.9. The van der Waals surface area contributed by atoms with Crippen molar-refractivity contribution < 1.29 is 28.9 Å². The molecule has 0 aliphatic carbocycles. The minimum absolute atomic E-state index is 0.173. The van der Waals surface area contributed by atoms with Crippen LogP contribution in [0.4, 0.5) is 17.1 Å². The van der Waals surface area contributed by atoms with Crippen LogP contribution in [0.5, 0.6) is 23.0 Å². The fourth-order valence-corrected chi connectivity index (χ4v) is 5.47. The molecule has 0 bridgehead atoms. The van der Waals surface area contributed by atoms with Gasteiger partial charge in [-0.05, 0) is 50.2 Å². The summed E-state index contributed by atoms with van der Waals surface area (Å²) in [7, 11) is 0. The Morgan fingerprint density at radius 3 is 2.24 bits per heavy atom. The van der Waals surface area contributed by atoms with Gasteiger partial charge in [-0.2, -0.15) is 0 Å². The number of non-ortho nitro benzene ring substituents is 1. The van der Waals surface area contributed by atoms with Crippen LogP contribution in [0.25, 0.3) is 0 Å². The Balaban J connectivity index is 1.50. The maximum Gasteiger partial charge on any atom is 0.340 e. The predicted molar refractivity (Wildman–Crippen MR) is 148 cm³/mol. The lowest BCUT2D eigenvalue weighted by atomic mass is 9.77. The molecule has 0 fully saturated rings. The van der Waals surface area contributed by atoms with E-state index in [-0.39, 0.29) is 11.5 Å². The van der Waals surface area contributed by atoms with Crippen LogP contribution < -0.4 is 14.4 Å². The van der Waals surface area contributed by atoms with Crippen molar-refractivity contribution in [3.05, 3.63) is 121 Å². The summed E-state index contributed by atoms with van der Waals surface area (Å²) in [6.07, 6.45) is 0. The van der Waals surface area contributed by atoms with Crippen molar-refractivity contribution in [3.63, 3.8) is 0 Å². The maximum atomic E-state index is 13.1. The smallest absolute Gasteiger partial charge is 0.340 e. The molecule has 6 rings (SSSR count). The topological polar surface area (TPSA) is 134 Å². The number of rotatable bonds is 7. The molecule has 0 amide bonds. The fraction of sp³-hybridized carbons (Fsp3) is 0.167. The summed E-state index contributed by atoms with van der Waals surface area (Å²) < 4.78 is 18.4. The largest absolute Gasteiger partial charge is 0.456 e. The van der Waals surface area contributed by atoms with Crippen LogP contribution in [0.3, 0.4) is 0 Å². The van der Waals surface area contributed by atoms with E-state index in [0.29, 0.717) is 33.8 Å². The van der Waals surface area contributed by atoms with Gasteiger partial charge in [-0.3, -0.25) is 20.2 Å². The van der Waals surface area contributed by atoms with Crippen molar-refractivity contribution in [1.82, 2.24) is 0 Å². The molecule has 206 valence electrons. The number of hydrogen-bond donors (Lipinski definition) is 0. The van der Waals surface area contributed by atoms with Gasteiger partial charge in [-0.25, -0.2) is 4.79 Å². The number of hydrogen-bond acceptors (Lipinski definition) is 9. The number of anilines is 1. The van der Waals surface area contributed by atoms with E-state index in [1.807, 2.05) is 30.3 Å². The third-order valence-electron chi connectivity index (χ3n) is 7.38. The van der Waals surface area contributed by atoms with Crippen LogP contribution >= 0.6 is 0 Å². The van der Waals surface area contributed by atoms with E-state index in [4.69, 9.17) is 14.2 Å². The number of ether oxygens (including phenoxy) is 3. The van der Waals surface area contributed by atoms with Gasteiger partial charge in [0.2, 0.25) is 5.75 Å². The lowest BCUT2D eigenvalue weighted by Gasteiger charge is -2.37. The lowest BCUT2D eigenvalue weighted by Crippen LogP contribution is -2.33. The van der Waals surface area contributed by atoms with Gasteiger partial charge in [-0.15, -0.1) is 0 Å². The summed E-state index contributed by atoms with van der Waals surface area (Å²) in [4.78, 5) is 36.6. The summed E-state index contributed by atoms with van der Waals surface area (Å²) in [5.41, 5.74) is 1.01. The molecule has 2 aliphatic rings. The highest BCUT2D eigenvalue weighted by atomic mass is 16.6. The average Bonchev–Trinajstić information content (AvgIpc) is 3.26. The zero-order valence-electron chi connectivity index (χ0n) is 22.0. The summed E-state index contributed by atoms with van der Waals surface area (Å²) in [6, 6.07) is 21.0. The van der Waals surface area contributed by atoms with Gasteiger partial charge in [0, 0.05) is 53.7 Å². The van der Waals surface area contributed by atoms with E-state index in [9.17, 15) is 25.0 Å². The lowest BCUT2D eigenvalue weighted by molar-refractivity contribution is -0.394. The number of nitro groups is 2. The summed E-state index contributed by atoms with van der Waals surface area (Å²) >= 11 is 0. The molecule has 2 aliphatic heterocycles. The SMILES string of the molecule is CCN(CC)c1ccc2c(c1)Oc1cc(Oc3ccc([N+](=O)[O-])cc3[N+](=O)[O-])ccc1C21OC(=O)c2ccccc21. The molecule has 0 radical (unpaired) electrons. The molecule has 2 heterocycles. The molecular weight excluding hydrogens is 530 g/mol. The van der Waals surface area contributed by atoms with Gasteiger partial charge in [0.15, 0.2) is 5.60 Å². The third kappa shape index (κ3) is 4.01. The number of carbonyl (C=O) groups is 1. The van der Waals surface area contributed by atoms with Crippen LogP contribution in [0.1, 0.15) is 40.9 Å². The third-order valence-corrected chi connectivity index (χ3v) is 7.38. The fourth-order valence-electron chi connectivity index (χ4n) is 5.47. The second-order valence-corrected chi connectivity index (χ2v) is 9.50. The van der Waals surface area contributed by atoms with E-state index in [1.165, 1.54) is 6.07 Å². The van der Waals surface area contributed by atoms with Crippen LogP contribution in [0.2, 0.25) is 0 Å².